The topological polar surface area (TPSA) is 46.9 Å². The van der Waals surface area contributed by atoms with Gasteiger partial charge >= 0.3 is 6.18 Å². The van der Waals surface area contributed by atoms with Crippen LogP contribution in [-0.4, -0.2) is 15.7 Å². The van der Waals surface area contributed by atoms with E-state index in [0.717, 1.165) is 30.0 Å². The zero-order valence-electron chi connectivity index (χ0n) is 12.3. The van der Waals surface area contributed by atoms with Crippen LogP contribution in [0, 0.1) is 0 Å². The smallest absolute Gasteiger partial charge is 0.306 e. The molecule has 0 aliphatic heterocycles. The van der Waals surface area contributed by atoms with E-state index < -0.39 is 17.6 Å². The molecule has 1 heterocycles. The van der Waals surface area contributed by atoms with Crippen molar-refractivity contribution in [3.63, 3.8) is 0 Å². The summed E-state index contributed by atoms with van der Waals surface area (Å²) in [5.41, 5.74) is 0.0856. The average molecular weight is 331 g/mol. The molecule has 0 atom stereocenters. The Balaban J connectivity index is 1.80. The summed E-state index contributed by atoms with van der Waals surface area (Å²) in [4.78, 5) is 12.2. The second-order valence-electron chi connectivity index (χ2n) is 4.99. The molecule has 1 amide bonds. The van der Waals surface area contributed by atoms with Gasteiger partial charge < -0.3 is 5.32 Å². The molecule has 0 aliphatic rings. The van der Waals surface area contributed by atoms with E-state index in [4.69, 9.17) is 0 Å². The lowest BCUT2D eigenvalue weighted by molar-refractivity contribution is -0.137. The third-order valence-electron chi connectivity index (χ3n) is 3.36. The lowest BCUT2D eigenvalue weighted by atomic mass is 10.1. The number of carbonyl (C=O) groups excluding carboxylic acids is 1. The van der Waals surface area contributed by atoms with Crippen LogP contribution < -0.4 is 5.32 Å². The average Bonchev–Trinajstić information content (AvgIpc) is 3.03. The zero-order chi connectivity index (χ0) is 17.2. The molecule has 0 unspecified atom stereocenters. The molecule has 1 N–H and O–H groups in total. The Kier molecular flexibility index (Phi) is 4.07. The normalized spacial score (nSPS) is 11.3. The standard InChI is InChI=1S/C17H12F3N3O/c18-17(19,20)13-8-6-12(7-9-13)16(24)22-15-10-11-21-23(15)14-4-2-1-3-5-14/h1-11H,(H,22,24). The SMILES string of the molecule is O=C(Nc1ccnn1-c1ccccc1)c1ccc(C(F)(F)F)cc1. The number of amides is 1. The number of benzene rings is 2. The maximum absolute atomic E-state index is 12.6. The molecule has 0 radical (unpaired) electrons. The van der Waals surface area contributed by atoms with Crippen LogP contribution in [0.25, 0.3) is 5.69 Å². The Morgan fingerprint density at radius 2 is 1.62 bits per heavy atom. The number of alkyl halides is 3. The summed E-state index contributed by atoms with van der Waals surface area (Å²) in [6.45, 7) is 0. The van der Waals surface area contributed by atoms with Gasteiger partial charge in [0.25, 0.3) is 5.91 Å². The van der Waals surface area contributed by atoms with Crippen LogP contribution >= 0.6 is 0 Å². The van der Waals surface area contributed by atoms with Crippen molar-refractivity contribution in [2.45, 2.75) is 6.18 Å². The summed E-state index contributed by atoms with van der Waals surface area (Å²) in [6.07, 6.45) is -2.91. The number of anilines is 1. The van der Waals surface area contributed by atoms with E-state index in [9.17, 15) is 18.0 Å². The largest absolute Gasteiger partial charge is 0.416 e. The van der Waals surface area contributed by atoms with Gasteiger partial charge in [0.1, 0.15) is 5.82 Å². The minimum atomic E-state index is -4.43. The number of halogens is 3. The van der Waals surface area contributed by atoms with Gasteiger partial charge in [-0.25, -0.2) is 4.68 Å². The van der Waals surface area contributed by atoms with Gasteiger partial charge in [0.05, 0.1) is 17.4 Å². The Morgan fingerprint density at radius 1 is 0.958 bits per heavy atom. The molecule has 24 heavy (non-hydrogen) atoms. The number of hydrogen-bond acceptors (Lipinski definition) is 2. The van der Waals surface area contributed by atoms with E-state index >= 15 is 0 Å². The molecule has 2 aromatic carbocycles. The van der Waals surface area contributed by atoms with E-state index in [0.29, 0.717) is 5.82 Å². The van der Waals surface area contributed by atoms with Gasteiger partial charge in [-0.3, -0.25) is 4.79 Å². The predicted octanol–water partition coefficient (Wildman–Crippen LogP) is 4.14. The van der Waals surface area contributed by atoms with Crippen molar-refractivity contribution < 1.29 is 18.0 Å². The molecular weight excluding hydrogens is 319 g/mol. The van der Waals surface area contributed by atoms with Crippen LogP contribution in [0.5, 0.6) is 0 Å². The molecule has 0 aliphatic carbocycles. The van der Waals surface area contributed by atoms with Gasteiger partial charge in [-0.2, -0.15) is 18.3 Å². The molecule has 4 nitrogen and oxygen atoms in total. The van der Waals surface area contributed by atoms with E-state index in [1.807, 2.05) is 30.3 Å². The Morgan fingerprint density at radius 3 is 2.25 bits per heavy atom. The van der Waals surface area contributed by atoms with Crippen LogP contribution in [0.4, 0.5) is 19.0 Å². The lowest BCUT2D eigenvalue weighted by Crippen LogP contribution is -2.15. The van der Waals surface area contributed by atoms with E-state index in [2.05, 4.69) is 10.4 Å². The summed E-state index contributed by atoms with van der Waals surface area (Å²) in [6, 6.07) is 14.8. The van der Waals surface area contributed by atoms with Crippen LogP contribution in [0.1, 0.15) is 15.9 Å². The summed E-state index contributed by atoms with van der Waals surface area (Å²) >= 11 is 0. The molecule has 0 fully saturated rings. The van der Waals surface area contributed by atoms with Crippen molar-refractivity contribution in [2.75, 3.05) is 5.32 Å². The van der Waals surface area contributed by atoms with Crippen molar-refractivity contribution >= 4 is 11.7 Å². The molecule has 122 valence electrons. The van der Waals surface area contributed by atoms with Crippen LogP contribution in [-0.2, 0) is 6.18 Å². The van der Waals surface area contributed by atoms with Crippen molar-refractivity contribution in [1.29, 1.82) is 0 Å². The van der Waals surface area contributed by atoms with Gasteiger partial charge in [0.2, 0.25) is 0 Å². The fraction of sp³-hybridized carbons (Fsp3) is 0.0588. The first kappa shape index (κ1) is 15.8. The third-order valence-corrected chi connectivity index (χ3v) is 3.36. The summed E-state index contributed by atoms with van der Waals surface area (Å²) < 4.78 is 39.2. The molecule has 0 saturated heterocycles. The molecule has 3 aromatic rings. The molecule has 3 rings (SSSR count). The minimum absolute atomic E-state index is 0.129. The second-order valence-corrected chi connectivity index (χ2v) is 4.99. The second kappa shape index (κ2) is 6.19. The molecule has 1 aromatic heterocycles. The molecule has 0 bridgehead atoms. The first-order valence-electron chi connectivity index (χ1n) is 7.03. The van der Waals surface area contributed by atoms with Crippen molar-refractivity contribution in [1.82, 2.24) is 9.78 Å². The van der Waals surface area contributed by atoms with Gasteiger partial charge in [0.15, 0.2) is 0 Å². The summed E-state index contributed by atoms with van der Waals surface area (Å²) in [5, 5.41) is 6.78. The fourth-order valence-electron chi connectivity index (χ4n) is 2.17. The Labute approximate surface area is 135 Å². The number of nitrogens with one attached hydrogen (secondary N) is 1. The number of hydrogen-bond donors (Lipinski definition) is 1. The maximum Gasteiger partial charge on any atom is 0.416 e. The quantitative estimate of drug-likeness (QED) is 0.784. The van der Waals surface area contributed by atoms with Gasteiger partial charge in [0, 0.05) is 11.6 Å². The minimum Gasteiger partial charge on any atom is -0.306 e. The van der Waals surface area contributed by atoms with Gasteiger partial charge in [-0.05, 0) is 36.4 Å². The number of para-hydroxylation sites is 1. The van der Waals surface area contributed by atoms with Crippen LogP contribution in [0.15, 0.2) is 66.9 Å². The number of nitrogens with zero attached hydrogens (tertiary/aromatic N) is 2. The highest BCUT2D eigenvalue weighted by molar-refractivity contribution is 6.03. The highest BCUT2D eigenvalue weighted by Gasteiger charge is 2.30. The summed E-state index contributed by atoms with van der Waals surface area (Å²) in [5.74, 6) is -0.0903. The molecule has 0 spiro atoms. The van der Waals surface area contributed by atoms with E-state index in [1.54, 1.807) is 6.07 Å². The first-order valence-corrected chi connectivity index (χ1v) is 7.03. The Bertz CT molecular complexity index is 840. The number of aromatic nitrogens is 2. The van der Waals surface area contributed by atoms with Crippen LogP contribution in [0.3, 0.4) is 0 Å². The lowest BCUT2D eigenvalue weighted by Gasteiger charge is -2.10. The van der Waals surface area contributed by atoms with E-state index in [-0.39, 0.29) is 5.56 Å². The maximum atomic E-state index is 12.6. The number of carbonyl (C=O) groups is 1. The number of rotatable bonds is 3. The van der Waals surface area contributed by atoms with Gasteiger partial charge in [-0.15, -0.1) is 0 Å². The predicted molar refractivity (Wildman–Crippen MR) is 83.0 cm³/mol. The highest BCUT2D eigenvalue weighted by Crippen LogP contribution is 2.29. The van der Waals surface area contributed by atoms with Gasteiger partial charge in [-0.1, -0.05) is 18.2 Å². The van der Waals surface area contributed by atoms with Crippen LogP contribution in [0.2, 0.25) is 0 Å². The fourth-order valence-corrected chi connectivity index (χ4v) is 2.17. The molecule has 0 saturated carbocycles. The molecule has 7 heteroatoms. The summed E-state index contributed by atoms with van der Waals surface area (Å²) in [7, 11) is 0. The monoisotopic (exact) mass is 331 g/mol. The van der Waals surface area contributed by atoms with Crippen molar-refractivity contribution in [3.8, 4) is 5.69 Å². The zero-order valence-corrected chi connectivity index (χ0v) is 12.3. The van der Waals surface area contributed by atoms with Crippen molar-refractivity contribution in [3.05, 3.63) is 78.0 Å². The molecular formula is C17H12F3N3O. The van der Waals surface area contributed by atoms with E-state index in [1.165, 1.54) is 10.9 Å². The van der Waals surface area contributed by atoms with Crippen molar-refractivity contribution in [2.24, 2.45) is 0 Å². The first-order chi connectivity index (χ1) is 11.4. The Hall–Kier alpha value is -3.09. The highest BCUT2D eigenvalue weighted by atomic mass is 19.4. The third kappa shape index (κ3) is 3.29.